The first-order valence-electron chi connectivity index (χ1n) is 5.82. The molecule has 0 radical (unpaired) electrons. The lowest BCUT2D eigenvalue weighted by Crippen LogP contribution is -2.08. The smallest absolute Gasteiger partial charge is 0.374 e. The molecule has 6 nitrogen and oxygen atoms in total. The third-order valence-electron chi connectivity index (χ3n) is 3.25. The van der Waals surface area contributed by atoms with Gasteiger partial charge in [-0.2, -0.15) is 0 Å². The number of fused-ring (bicyclic) bond motifs is 1. The Hall–Kier alpha value is -2.70. The molecule has 3 rings (SSSR count). The Morgan fingerprint density at radius 1 is 1.45 bits per heavy atom. The molecule has 1 unspecified atom stereocenters. The summed E-state index contributed by atoms with van der Waals surface area (Å²) in [5.74, 6) is -2.92. The molecule has 102 valence electrons. The Labute approximate surface area is 112 Å². The standard InChI is InChI=1S/C13H9FN2O4/c1-5-7-2-6(3-8(14)11(7)15-12(5)17)9-4-10(13(18)19)20-16-9/h2-5H,1H3,(H,15,17)(H,18,19). The van der Waals surface area contributed by atoms with E-state index in [1.807, 2.05) is 0 Å². The molecule has 1 aromatic heterocycles. The summed E-state index contributed by atoms with van der Waals surface area (Å²) in [6, 6.07) is 3.99. The first kappa shape index (κ1) is 12.3. The van der Waals surface area contributed by atoms with Crippen LogP contribution in [-0.2, 0) is 4.79 Å². The first-order chi connectivity index (χ1) is 9.47. The second kappa shape index (κ2) is 4.16. The van der Waals surface area contributed by atoms with Crippen LogP contribution in [0.15, 0.2) is 22.7 Å². The number of nitrogens with one attached hydrogen (secondary N) is 1. The molecule has 2 aromatic rings. The molecule has 0 saturated carbocycles. The fourth-order valence-corrected chi connectivity index (χ4v) is 2.13. The summed E-state index contributed by atoms with van der Waals surface area (Å²) in [6.07, 6.45) is 0. The average molecular weight is 276 g/mol. The molecule has 0 spiro atoms. The zero-order valence-corrected chi connectivity index (χ0v) is 10.3. The normalized spacial score (nSPS) is 16.9. The number of aromatic carboxylic acids is 1. The van der Waals surface area contributed by atoms with Crippen molar-refractivity contribution in [1.29, 1.82) is 0 Å². The van der Waals surface area contributed by atoms with Crippen molar-refractivity contribution in [2.24, 2.45) is 0 Å². The number of anilines is 1. The number of carboxylic acids is 1. The highest BCUT2D eigenvalue weighted by molar-refractivity contribution is 6.03. The fourth-order valence-electron chi connectivity index (χ4n) is 2.13. The lowest BCUT2D eigenvalue weighted by atomic mass is 9.99. The van der Waals surface area contributed by atoms with Crippen LogP contribution >= 0.6 is 0 Å². The van der Waals surface area contributed by atoms with Crippen LogP contribution in [0.3, 0.4) is 0 Å². The number of rotatable bonds is 2. The second-order valence-corrected chi connectivity index (χ2v) is 4.51. The number of carboxylic acid groups (broad SMARTS) is 1. The summed E-state index contributed by atoms with van der Waals surface area (Å²) in [7, 11) is 0. The van der Waals surface area contributed by atoms with Crippen molar-refractivity contribution < 1.29 is 23.6 Å². The van der Waals surface area contributed by atoms with E-state index in [1.54, 1.807) is 13.0 Å². The van der Waals surface area contributed by atoms with Crippen molar-refractivity contribution in [2.45, 2.75) is 12.8 Å². The number of halogens is 1. The van der Waals surface area contributed by atoms with E-state index in [-0.39, 0.29) is 23.0 Å². The number of hydrogen-bond donors (Lipinski definition) is 2. The summed E-state index contributed by atoms with van der Waals surface area (Å²) in [6.45, 7) is 1.66. The minimum Gasteiger partial charge on any atom is -0.475 e. The van der Waals surface area contributed by atoms with E-state index in [4.69, 9.17) is 5.11 Å². The molecule has 1 aliphatic heterocycles. The molecular weight excluding hydrogens is 267 g/mol. The SMILES string of the molecule is CC1C(=O)Nc2c(F)cc(-c3cc(C(=O)O)on3)cc21. The van der Waals surface area contributed by atoms with Crippen molar-refractivity contribution in [3.63, 3.8) is 0 Å². The van der Waals surface area contributed by atoms with Gasteiger partial charge in [0.25, 0.3) is 0 Å². The van der Waals surface area contributed by atoms with E-state index in [0.717, 1.165) is 0 Å². The Balaban J connectivity index is 2.10. The van der Waals surface area contributed by atoms with Gasteiger partial charge in [0.05, 0.1) is 11.6 Å². The van der Waals surface area contributed by atoms with Crippen LogP contribution in [0.25, 0.3) is 11.3 Å². The lowest BCUT2D eigenvalue weighted by Gasteiger charge is -2.05. The van der Waals surface area contributed by atoms with Gasteiger partial charge in [-0.05, 0) is 24.6 Å². The van der Waals surface area contributed by atoms with Gasteiger partial charge in [0.1, 0.15) is 11.5 Å². The van der Waals surface area contributed by atoms with Gasteiger partial charge < -0.3 is 14.9 Å². The van der Waals surface area contributed by atoms with Gasteiger partial charge in [-0.3, -0.25) is 4.79 Å². The van der Waals surface area contributed by atoms with Gasteiger partial charge in [0, 0.05) is 11.6 Å². The predicted octanol–water partition coefficient (Wildman–Crippen LogP) is 2.23. The highest BCUT2D eigenvalue weighted by atomic mass is 19.1. The van der Waals surface area contributed by atoms with Gasteiger partial charge in [-0.25, -0.2) is 9.18 Å². The molecular formula is C13H9FN2O4. The van der Waals surface area contributed by atoms with E-state index in [1.165, 1.54) is 12.1 Å². The molecule has 1 aromatic carbocycles. The van der Waals surface area contributed by atoms with E-state index in [9.17, 15) is 14.0 Å². The summed E-state index contributed by atoms with van der Waals surface area (Å²) in [5, 5.41) is 14.8. The van der Waals surface area contributed by atoms with Crippen LogP contribution in [0.5, 0.6) is 0 Å². The Morgan fingerprint density at radius 3 is 2.85 bits per heavy atom. The van der Waals surface area contributed by atoms with Crippen LogP contribution in [0, 0.1) is 5.82 Å². The van der Waals surface area contributed by atoms with E-state index >= 15 is 0 Å². The number of aromatic nitrogens is 1. The number of carbonyl (C=O) groups excluding carboxylic acids is 1. The third-order valence-corrected chi connectivity index (χ3v) is 3.25. The van der Waals surface area contributed by atoms with E-state index in [2.05, 4.69) is 15.0 Å². The first-order valence-corrected chi connectivity index (χ1v) is 5.82. The van der Waals surface area contributed by atoms with E-state index < -0.39 is 17.7 Å². The summed E-state index contributed by atoms with van der Waals surface area (Å²) in [4.78, 5) is 22.3. The zero-order valence-electron chi connectivity index (χ0n) is 10.3. The lowest BCUT2D eigenvalue weighted by molar-refractivity contribution is -0.116. The number of hydrogen-bond acceptors (Lipinski definition) is 4. The van der Waals surface area contributed by atoms with Crippen molar-refractivity contribution in [1.82, 2.24) is 5.16 Å². The largest absolute Gasteiger partial charge is 0.475 e. The molecule has 2 heterocycles. The van der Waals surface area contributed by atoms with Crippen molar-refractivity contribution >= 4 is 17.6 Å². The molecule has 1 aliphatic rings. The molecule has 0 saturated heterocycles. The Morgan fingerprint density at radius 2 is 2.20 bits per heavy atom. The molecule has 1 amide bonds. The molecule has 0 bridgehead atoms. The van der Waals surface area contributed by atoms with Crippen LogP contribution in [-0.4, -0.2) is 22.1 Å². The van der Waals surface area contributed by atoms with Crippen LogP contribution in [0.1, 0.15) is 29.0 Å². The zero-order chi connectivity index (χ0) is 14.4. The third kappa shape index (κ3) is 1.75. The topological polar surface area (TPSA) is 92.4 Å². The van der Waals surface area contributed by atoms with Crippen molar-refractivity contribution in [2.75, 3.05) is 5.32 Å². The maximum atomic E-state index is 14.0. The number of carbonyl (C=O) groups is 2. The number of nitrogens with zero attached hydrogens (tertiary/aromatic N) is 1. The molecule has 7 heteroatoms. The quantitative estimate of drug-likeness (QED) is 0.877. The van der Waals surface area contributed by atoms with E-state index in [0.29, 0.717) is 11.1 Å². The Kier molecular flexibility index (Phi) is 2.56. The predicted molar refractivity (Wildman–Crippen MR) is 65.9 cm³/mol. The molecule has 20 heavy (non-hydrogen) atoms. The van der Waals surface area contributed by atoms with Crippen molar-refractivity contribution in [3.05, 3.63) is 35.3 Å². The number of benzene rings is 1. The van der Waals surface area contributed by atoms with Gasteiger partial charge in [-0.1, -0.05) is 5.16 Å². The maximum absolute atomic E-state index is 14.0. The summed E-state index contributed by atoms with van der Waals surface area (Å²) >= 11 is 0. The molecule has 1 atom stereocenters. The fraction of sp³-hybridized carbons (Fsp3) is 0.154. The van der Waals surface area contributed by atoms with Gasteiger partial charge in [0.15, 0.2) is 0 Å². The molecule has 0 aliphatic carbocycles. The number of amides is 1. The van der Waals surface area contributed by atoms with Crippen LogP contribution < -0.4 is 5.32 Å². The highest BCUT2D eigenvalue weighted by Gasteiger charge is 2.30. The monoisotopic (exact) mass is 276 g/mol. The second-order valence-electron chi connectivity index (χ2n) is 4.51. The summed E-state index contributed by atoms with van der Waals surface area (Å²) < 4.78 is 18.6. The van der Waals surface area contributed by atoms with Crippen molar-refractivity contribution in [3.8, 4) is 11.3 Å². The average Bonchev–Trinajstić information content (AvgIpc) is 2.98. The summed E-state index contributed by atoms with van der Waals surface area (Å²) in [5.41, 5.74) is 1.24. The van der Waals surface area contributed by atoms with Crippen LogP contribution in [0.4, 0.5) is 10.1 Å². The maximum Gasteiger partial charge on any atom is 0.374 e. The van der Waals surface area contributed by atoms with Crippen LogP contribution in [0.2, 0.25) is 0 Å². The van der Waals surface area contributed by atoms with Gasteiger partial charge >= 0.3 is 5.97 Å². The highest BCUT2D eigenvalue weighted by Crippen LogP contribution is 2.37. The Bertz CT molecular complexity index is 738. The molecule has 2 N–H and O–H groups in total. The minimum atomic E-state index is -1.25. The van der Waals surface area contributed by atoms with Gasteiger partial charge in [-0.15, -0.1) is 0 Å². The van der Waals surface area contributed by atoms with Gasteiger partial charge in [0.2, 0.25) is 11.7 Å². The minimum absolute atomic E-state index is 0.160. The molecule has 0 fully saturated rings.